The lowest BCUT2D eigenvalue weighted by atomic mass is 9.99. The predicted octanol–water partition coefficient (Wildman–Crippen LogP) is 4.13. The number of carbonyl (C=O) groups excluding carboxylic acids is 1. The summed E-state index contributed by atoms with van der Waals surface area (Å²) in [7, 11) is 0. The van der Waals surface area contributed by atoms with Gasteiger partial charge in [-0.1, -0.05) is 36.9 Å². The number of piperazine rings is 1. The summed E-state index contributed by atoms with van der Waals surface area (Å²) >= 11 is 0. The number of anilines is 1. The molecule has 0 bridgehead atoms. The average Bonchev–Trinajstić information content (AvgIpc) is 2.84. The Balaban J connectivity index is 1.58. The summed E-state index contributed by atoms with van der Waals surface area (Å²) in [6, 6.07) is 12.7. The Hall–Kier alpha value is -4.00. The molecular weight excluding hydrogens is 407 g/mol. The number of fused-ring (bicyclic) bond motifs is 2. The van der Waals surface area contributed by atoms with Gasteiger partial charge in [0.2, 0.25) is 5.91 Å². The Bertz CT molecular complexity index is 1360. The predicted molar refractivity (Wildman–Crippen MR) is 123 cm³/mol. The van der Waals surface area contributed by atoms with E-state index in [0.29, 0.717) is 37.1 Å². The van der Waals surface area contributed by atoms with E-state index < -0.39 is 5.82 Å². The Labute approximate surface area is 184 Å². The number of pyridine rings is 2. The fraction of sp³-hybridized carbons (Fsp3) is 0.160. The minimum absolute atomic E-state index is 0.0337. The monoisotopic (exact) mass is 428 g/mol. The smallest absolute Gasteiger partial charge is 0.246 e. The quantitative estimate of drug-likeness (QED) is 0.497. The van der Waals surface area contributed by atoms with Crippen molar-refractivity contribution in [2.45, 2.75) is 0 Å². The third kappa shape index (κ3) is 3.22. The van der Waals surface area contributed by atoms with Gasteiger partial charge >= 0.3 is 0 Å². The number of hydrogen-bond donors (Lipinski definition) is 1. The van der Waals surface area contributed by atoms with E-state index in [4.69, 9.17) is 0 Å². The van der Waals surface area contributed by atoms with Gasteiger partial charge in [0.05, 0.1) is 5.56 Å². The first kappa shape index (κ1) is 19.9. The van der Waals surface area contributed by atoms with Crippen molar-refractivity contribution in [2.24, 2.45) is 0 Å². The molecule has 1 N–H and O–H groups in total. The third-order valence-corrected chi connectivity index (χ3v) is 5.96. The van der Waals surface area contributed by atoms with Crippen LogP contribution in [-0.4, -0.2) is 52.1 Å². The van der Waals surface area contributed by atoms with Crippen LogP contribution < -0.4 is 4.90 Å². The molecule has 5 rings (SSSR count). The zero-order valence-electron chi connectivity index (χ0n) is 17.3. The number of carbonyl (C=O) groups is 1. The molecule has 0 spiro atoms. The number of aromatic hydroxyl groups is 1. The number of rotatable bonds is 3. The number of halogens is 1. The zero-order chi connectivity index (χ0) is 22.2. The molecule has 7 heteroatoms. The summed E-state index contributed by atoms with van der Waals surface area (Å²) in [5.41, 5.74) is 1.44. The van der Waals surface area contributed by atoms with E-state index in [-0.39, 0.29) is 22.9 Å². The molecule has 1 aliphatic rings. The van der Waals surface area contributed by atoms with E-state index in [1.807, 2.05) is 30.3 Å². The molecule has 0 atom stereocenters. The molecule has 0 radical (unpaired) electrons. The largest absolute Gasteiger partial charge is 0.507 e. The van der Waals surface area contributed by atoms with Gasteiger partial charge in [-0.25, -0.2) is 4.39 Å². The number of nitrogens with zero attached hydrogens (tertiary/aromatic N) is 4. The zero-order valence-corrected chi connectivity index (χ0v) is 17.3. The lowest BCUT2D eigenvalue weighted by Crippen LogP contribution is -2.48. The molecule has 1 saturated heterocycles. The van der Waals surface area contributed by atoms with Crippen molar-refractivity contribution < 1.29 is 14.3 Å². The van der Waals surface area contributed by atoms with E-state index in [9.17, 15) is 9.90 Å². The van der Waals surface area contributed by atoms with Crippen molar-refractivity contribution in [1.29, 1.82) is 0 Å². The lowest BCUT2D eigenvalue weighted by molar-refractivity contribution is -0.126. The van der Waals surface area contributed by atoms with E-state index in [0.717, 1.165) is 16.5 Å². The third-order valence-electron chi connectivity index (χ3n) is 5.96. The summed E-state index contributed by atoms with van der Waals surface area (Å²) in [5, 5.41) is 12.7. The van der Waals surface area contributed by atoms with E-state index >= 15 is 4.39 Å². The van der Waals surface area contributed by atoms with Gasteiger partial charge in [0.25, 0.3) is 0 Å². The Morgan fingerprint density at radius 3 is 2.59 bits per heavy atom. The van der Waals surface area contributed by atoms with Crippen LogP contribution in [0.2, 0.25) is 0 Å². The minimum atomic E-state index is -0.573. The van der Waals surface area contributed by atoms with Gasteiger partial charge in [-0.3, -0.25) is 14.8 Å². The summed E-state index contributed by atoms with van der Waals surface area (Å²) in [6.45, 7) is 5.90. The van der Waals surface area contributed by atoms with Gasteiger partial charge in [0.15, 0.2) is 5.82 Å². The van der Waals surface area contributed by atoms with Crippen LogP contribution in [0.3, 0.4) is 0 Å². The molecule has 32 heavy (non-hydrogen) atoms. The van der Waals surface area contributed by atoms with Crippen LogP contribution in [0.15, 0.2) is 67.5 Å². The number of amides is 1. The molecular formula is C25H21FN4O2. The molecule has 0 aliphatic carbocycles. The fourth-order valence-corrected chi connectivity index (χ4v) is 4.32. The van der Waals surface area contributed by atoms with Crippen LogP contribution in [0.4, 0.5) is 10.1 Å². The van der Waals surface area contributed by atoms with Crippen LogP contribution in [0, 0.1) is 5.82 Å². The van der Waals surface area contributed by atoms with Crippen molar-refractivity contribution in [1.82, 2.24) is 14.9 Å². The Morgan fingerprint density at radius 1 is 1.03 bits per heavy atom. The highest BCUT2D eigenvalue weighted by Crippen LogP contribution is 2.39. The molecule has 1 fully saturated rings. The van der Waals surface area contributed by atoms with Crippen LogP contribution in [0.5, 0.6) is 5.75 Å². The van der Waals surface area contributed by atoms with Crippen LogP contribution in [0.1, 0.15) is 0 Å². The lowest BCUT2D eigenvalue weighted by Gasteiger charge is -2.36. The highest BCUT2D eigenvalue weighted by molar-refractivity contribution is 6.01. The van der Waals surface area contributed by atoms with Crippen molar-refractivity contribution in [3.63, 3.8) is 0 Å². The summed E-state index contributed by atoms with van der Waals surface area (Å²) < 4.78 is 15.7. The first-order valence-electron chi connectivity index (χ1n) is 10.4. The number of benzene rings is 2. The molecule has 2 aromatic heterocycles. The van der Waals surface area contributed by atoms with Gasteiger partial charge < -0.3 is 14.9 Å². The summed E-state index contributed by atoms with van der Waals surface area (Å²) in [5.74, 6) is -0.693. The van der Waals surface area contributed by atoms with Crippen molar-refractivity contribution in [3.05, 3.63) is 73.3 Å². The highest BCUT2D eigenvalue weighted by Gasteiger charge is 2.23. The van der Waals surface area contributed by atoms with Gasteiger partial charge in [-0.05, 0) is 29.0 Å². The van der Waals surface area contributed by atoms with Gasteiger partial charge in [-0.2, -0.15) is 0 Å². The standard InChI is InChI=1S/C25H21FN4O2/c1-2-21(32)30-13-11-29(12-14-30)19-9-10-27-24-18(19)15-28-25(23(24)26)22-17-6-4-3-5-16(17)7-8-20(22)31/h2-10,15,31H,1,11-14H2. The summed E-state index contributed by atoms with van der Waals surface area (Å²) in [4.78, 5) is 24.4. The Kier molecular flexibility index (Phi) is 4.93. The molecule has 160 valence electrons. The van der Waals surface area contributed by atoms with Gasteiger partial charge in [0.1, 0.15) is 17.0 Å². The van der Waals surface area contributed by atoms with Crippen molar-refractivity contribution in [3.8, 4) is 17.0 Å². The summed E-state index contributed by atoms with van der Waals surface area (Å²) in [6.07, 6.45) is 4.51. The Morgan fingerprint density at radius 2 is 1.81 bits per heavy atom. The van der Waals surface area contributed by atoms with Crippen LogP contribution >= 0.6 is 0 Å². The molecule has 2 aromatic carbocycles. The fourth-order valence-electron chi connectivity index (χ4n) is 4.32. The molecule has 3 heterocycles. The first-order valence-corrected chi connectivity index (χ1v) is 10.4. The average molecular weight is 428 g/mol. The van der Waals surface area contributed by atoms with Crippen molar-refractivity contribution in [2.75, 3.05) is 31.1 Å². The van der Waals surface area contributed by atoms with E-state index in [2.05, 4.69) is 21.4 Å². The normalized spacial score (nSPS) is 14.2. The molecule has 0 saturated carbocycles. The molecule has 4 aromatic rings. The maximum absolute atomic E-state index is 15.7. The maximum Gasteiger partial charge on any atom is 0.246 e. The second-order valence-corrected chi connectivity index (χ2v) is 7.71. The second-order valence-electron chi connectivity index (χ2n) is 7.71. The number of phenolic OH excluding ortho intramolecular Hbond substituents is 1. The van der Waals surface area contributed by atoms with Crippen molar-refractivity contribution >= 4 is 33.3 Å². The van der Waals surface area contributed by atoms with Gasteiger partial charge in [0, 0.05) is 49.6 Å². The van der Waals surface area contributed by atoms with E-state index in [1.54, 1.807) is 29.4 Å². The number of hydrogen-bond acceptors (Lipinski definition) is 5. The molecule has 1 aliphatic heterocycles. The maximum atomic E-state index is 15.7. The molecule has 6 nitrogen and oxygen atoms in total. The minimum Gasteiger partial charge on any atom is -0.507 e. The first-order chi connectivity index (χ1) is 15.6. The van der Waals surface area contributed by atoms with Crippen LogP contribution in [-0.2, 0) is 4.79 Å². The SMILES string of the molecule is C=CC(=O)N1CCN(c2ccnc3c(F)c(-c4c(O)ccc5ccccc45)ncc23)CC1. The van der Waals surface area contributed by atoms with E-state index in [1.165, 1.54) is 6.08 Å². The topological polar surface area (TPSA) is 69.6 Å². The number of phenols is 1. The molecule has 1 amide bonds. The number of aromatic nitrogens is 2. The van der Waals surface area contributed by atoms with Gasteiger partial charge in [-0.15, -0.1) is 0 Å². The van der Waals surface area contributed by atoms with Crippen LogP contribution in [0.25, 0.3) is 32.9 Å². The second kappa shape index (κ2) is 7.92. The highest BCUT2D eigenvalue weighted by atomic mass is 19.1. The molecule has 0 unspecified atom stereocenters.